The molecule has 1 amide bonds. The Labute approximate surface area is 135 Å². The topological polar surface area (TPSA) is 67.2 Å². The van der Waals surface area contributed by atoms with Crippen molar-refractivity contribution >= 4 is 51.5 Å². The molecule has 0 saturated heterocycles. The van der Waals surface area contributed by atoms with Gasteiger partial charge in [0.25, 0.3) is 5.91 Å². The van der Waals surface area contributed by atoms with Crippen LogP contribution in [0.3, 0.4) is 0 Å². The van der Waals surface area contributed by atoms with E-state index in [1.165, 1.54) is 0 Å². The van der Waals surface area contributed by atoms with Gasteiger partial charge in [-0.3, -0.25) is 10.6 Å². The molecule has 0 aromatic heterocycles. The second kappa shape index (κ2) is 6.43. The van der Waals surface area contributed by atoms with E-state index in [0.29, 0.717) is 16.3 Å². The Morgan fingerprint density at radius 1 is 1.20 bits per heavy atom. The summed E-state index contributed by atoms with van der Waals surface area (Å²) < 4.78 is 1.01. The van der Waals surface area contributed by atoms with Crippen molar-refractivity contribution in [3.63, 3.8) is 0 Å². The first-order valence-corrected chi connectivity index (χ1v) is 7.30. The van der Waals surface area contributed by atoms with Crippen LogP contribution in [0.15, 0.2) is 36.4 Å². The summed E-state index contributed by atoms with van der Waals surface area (Å²) in [6.07, 6.45) is 0. The molecule has 0 aliphatic heterocycles. The van der Waals surface area contributed by atoms with Crippen LogP contribution in [0.5, 0.6) is 0 Å². The molecule has 4 nitrogen and oxygen atoms in total. The lowest BCUT2D eigenvalue weighted by molar-refractivity contribution is 0.102. The second-order valence-electron chi connectivity index (χ2n) is 4.25. The number of nitrogens with one attached hydrogen (secondary N) is 2. The van der Waals surface area contributed by atoms with Gasteiger partial charge in [-0.15, -0.1) is 0 Å². The van der Waals surface area contributed by atoms with E-state index in [-0.39, 0.29) is 5.91 Å². The first-order valence-electron chi connectivity index (χ1n) is 5.85. The Kier molecular flexibility index (Phi) is 4.85. The Morgan fingerprint density at radius 2 is 1.90 bits per heavy atom. The third-order valence-corrected chi connectivity index (χ3v) is 3.81. The van der Waals surface area contributed by atoms with Crippen molar-refractivity contribution in [2.75, 3.05) is 10.7 Å². The van der Waals surface area contributed by atoms with Gasteiger partial charge < -0.3 is 10.7 Å². The predicted molar refractivity (Wildman–Crippen MR) is 91.1 cm³/mol. The van der Waals surface area contributed by atoms with Gasteiger partial charge in [-0.05, 0) is 71.5 Å². The molecule has 2 rings (SSSR count). The fourth-order valence-electron chi connectivity index (χ4n) is 1.75. The van der Waals surface area contributed by atoms with Crippen LogP contribution in [0.4, 0.5) is 11.4 Å². The summed E-state index contributed by atoms with van der Waals surface area (Å²) in [6.45, 7) is 1.88. The number of benzene rings is 2. The summed E-state index contributed by atoms with van der Waals surface area (Å²) in [5.41, 5.74) is 5.40. The highest BCUT2D eigenvalue weighted by Crippen LogP contribution is 2.24. The number of anilines is 2. The van der Waals surface area contributed by atoms with Crippen LogP contribution >= 0.6 is 34.2 Å². The summed E-state index contributed by atoms with van der Waals surface area (Å²) >= 11 is 8.26. The van der Waals surface area contributed by atoms with Crippen molar-refractivity contribution in [1.29, 1.82) is 0 Å². The van der Waals surface area contributed by atoms with Gasteiger partial charge in [-0.25, -0.2) is 0 Å². The minimum atomic E-state index is -0.209. The summed E-state index contributed by atoms with van der Waals surface area (Å²) in [7, 11) is 0. The van der Waals surface area contributed by atoms with Crippen molar-refractivity contribution in [2.24, 2.45) is 5.84 Å². The molecular formula is C14H13ClIN3O. The molecule has 0 spiro atoms. The maximum absolute atomic E-state index is 12.2. The number of aryl methyl sites for hydroxylation is 1. The summed E-state index contributed by atoms with van der Waals surface area (Å²) in [6, 6.07) is 10.7. The number of hydrogen-bond acceptors (Lipinski definition) is 3. The lowest BCUT2D eigenvalue weighted by atomic mass is 10.1. The third kappa shape index (κ3) is 3.41. The van der Waals surface area contributed by atoms with Crippen LogP contribution in [0.2, 0.25) is 5.02 Å². The van der Waals surface area contributed by atoms with Crippen molar-refractivity contribution < 1.29 is 4.79 Å². The number of nitrogen functional groups attached to an aromatic ring is 1. The molecule has 4 N–H and O–H groups in total. The Balaban J connectivity index is 2.21. The second-order valence-corrected chi connectivity index (χ2v) is 5.91. The van der Waals surface area contributed by atoms with Crippen LogP contribution in [0.25, 0.3) is 0 Å². The van der Waals surface area contributed by atoms with E-state index in [4.69, 9.17) is 17.4 Å². The quantitative estimate of drug-likeness (QED) is 0.416. The molecule has 2 aromatic carbocycles. The lowest BCUT2D eigenvalue weighted by Gasteiger charge is -2.10. The molecule has 0 fully saturated rings. The van der Waals surface area contributed by atoms with Gasteiger partial charge >= 0.3 is 0 Å². The third-order valence-electron chi connectivity index (χ3n) is 2.82. The average Bonchev–Trinajstić information content (AvgIpc) is 2.41. The molecule has 0 bridgehead atoms. The Bertz CT molecular complexity index is 661. The normalized spacial score (nSPS) is 10.2. The molecule has 2 aromatic rings. The zero-order chi connectivity index (χ0) is 14.7. The van der Waals surface area contributed by atoms with E-state index in [0.717, 1.165) is 14.8 Å². The SMILES string of the molecule is Cc1cc(C(=O)Nc2ccc(I)cc2Cl)ccc1NN. The van der Waals surface area contributed by atoms with Gasteiger partial charge in [0.05, 0.1) is 16.4 Å². The molecule has 0 radical (unpaired) electrons. The molecule has 20 heavy (non-hydrogen) atoms. The number of rotatable bonds is 3. The molecular weight excluding hydrogens is 389 g/mol. The van der Waals surface area contributed by atoms with Crippen molar-refractivity contribution in [3.8, 4) is 0 Å². The fraction of sp³-hybridized carbons (Fsp3) is 0.0714. The molecule has 0 aliphatic carbocycles. The predicted octanol–water partition coefficient (Wildman–Crippen LogP) is 3.79. The van der Waals surface area contributed by atoms with Crippen LogP contribution in [-0.2, 0) is 0 Å². The minimum absolute atomic E-state index is 0.209. The van der Waals surface area contributed by atoms with Gasteiger partial charge in [0.15, 0.2) is 0 Å². The number of hydrazine groups is 1. The van der Waals surface area contributed by atoms with E-state index >= 15 is 0 Å². The maximum atomic E-state index is 12.2. The number of halogens is 2. The number of hydrogen-bond donors (Lipinski definition) is 3. The highest BCUT2D eigenvalue weighted by Gasteiger charge is 2.10. The van der Waals surface area contributed by atoms with Gasteiger partial charge in [0.1, 0.15) is 0 Å². The molecule has 6 heteroatoms. The van der Waals surface area contributed by atoms with Crippen molar-refractivity contribution in [1.82, 2.24) is 0 Å². The van der Waals surface area contributed by atoms with E-state index < -0.39 is 0 Å². The van der Waals surface area contributed by atoms with Crippen molar-refractivity contribution in [2.45, 2.75) is 6.92 Å². The molecule has 0 saturated carbocycles. The van der Waals surface area contributed by atoms with E-state index in [1.807, 2.05) is 13.0 Å². The summed E-state index contributed by atoms with van der Waals surface area (Å²) in [5, 5.41) is 3.31. The fourth-order valence-corrected chi connectivity index (χ4v) is 2.66. The van der Waals surface area contributed by atoms with Crippen LogP contribution in [-0.4, -0.2) is 5.91 Å². The molecule has 0 unspecified atom stereocenters. The molecule has 0 atom stereocenters. The van der Waals surface area contributed by atoms with E-state index in [2.05, 4.69) is 33.3 Å². The van der Waals surface area contributed by atoms with Gasteiger partial charge in [0, 0.05) is 9.13 Å². The van der Waals surface area contributed by atoms with E-state index in [9.17, 15) is 4.79 Å². The van der Waals surface area contributed by atoms with Crippen LogP contribution in [0.1, 0.15) is 15.9 Å². The highest BCUT2D eigenvalue weighted by molar-refractivity contribution is 14.1. The minimum Gasteiger partial charge on any atom is -0.324 e. The van der Waals surface area contributed by atoms with Crippen LogP contribution in [0, 0.1) is 10.5 Å². The zero-order valence-electron chi connectivity index (χ0n) is 10.7. The monoisotopic (exact) mass is 401 g/mol. The number of amides is 1. The number of nitrogens with two attached hydrogens (primary N) is 1. The largest absolute Gasteiger partial charge is 0.324 e. The molecule has 0 heterocycles. The average molecular weight is 402 g/mol. The van der Waals surface area contributed by atoms with Gasteiger partial charge in [0.2, 0.25) is 0 Å². The van der Waals surface area contributed by atoms with Gasteiger partial charge in [-0.1, -0.05) is 11.6 Å². The lowest BCUT2D eigenvalue weighted by Crippen LogP contribution is -2.14. The maximum Gasteiger partial charge on any atom is 0.255 e. The first-order chi connectivity index (χ1) is 9.51. The Morgan fingerprint density at radius 3 is 2.50 bits per heavy atom. The summed E-state index contributed by atoms with van der Waals surface area (Å²) in [5.74, 6) is 5.16. The summed E-state index contributed by atoms with van der Waals surface area (Å²) in [4.78, 5) is 12.2. The zero-order valence-corrected chi connectivity index (χ0v) is 13.6. The smallest absolute Gasteiger partial charge is 0.255 e. The number of carbonyl (C=O) groups is 1. The Hall–Kier alpha value is -1.31. The van der Waals surface area contributed by atoms with Gasteiger partial charge in [-0.2, -0.15) is 0 Å². The van der Waals surface area contributed by atoms with Crippen LogP contribution < -0.4 is 16.6 Å². The standard InChI is InChI=1S/C14H13ClIN3O/c1-8-6-9(2-4-12(8)19-17)14(20)18-13-5-3-10(16)7-11(13)15/h2-7,19H,17H2,1H3,(H,18,20). The van der Waals surface area contributed by atoms with Crippen molar-refractivity contribution in [3.05, 3.63) is 56.1 Å². The van der Waals surface area contributed by atoms with E-state index in [1.54, 1.807) is 30.3 Å². The number of carbonyl (C=O) groups excluding carboxylic acids is 1. The molecule has 104 valence electrons. The highest BCUT2D eigenvalue weighted by atomic mass is 127. The first kappa shape index (κ1) is 15.1. The molecule has 0 aliphatic rings.